The summed E-state index contributed by atoms with van der Waals surface area (Å²) in [4.78, 5) is 29.8. The molecule has 1 aromatic rings. The van der Waals surface area contributed by atoms with Crippen molar-refractivity contribution in [2.24, 2.45) is 11.1 Å². The van der Waals surface area contributed by atoms with Crippen molar-refractivity contribution in [2.45, 2.75) is 19.3 Å². The lowest BCUT2D eigenvalue weighted by atomic mass is 9.79. The van der Waals surface area contributed by atoms with Crippen molar-refractivity contribution in [2.75, 3.05) is 6.61 Å². The molecule has 0 spiro atoms. The number of allylic oxidation sites excluding steroid dienone is 2. The van der Waals surface area contributed by atoms with Gasteiger partial charge in [0.25, 0.3) is 0 Å². The van der Waals surface area contributed by atoms with Crippen LogP contribution in [-0.4, -0.2) is 23.9 Å². The molecule has 0 radical (unpaired) electrons. The van der Waals surface area contributed by atoms with Crippen molar-refractivity contribution < 1.29 is 14.4 Å². The van der Waals surface area contributed by atoms with E-state index in [4.69, 9.17) is 4.84 Å². The average Bonchev–Trinajstić information content (AvgIpc) is 3.01. The zero-order valence-corrected chi connectivity index (χ0v) is 11.0. The second-order valence-corrected chi connectivity index (χ2v) is 4.95. The van der Waals surface area contributed by atoms with Crippen molar-refractivity contribution in [3.05, 3.63) is 47.5 Å². The first-order valence-electron chi connectivity index (χ1n) is 6.78. The van der Waals surface area contributed by atoms with Gasteiger partial charge in [0, 0.05) is 18.4 Å². The molecule has 0 aromatic heterocycles. The van der Waals surface area contributed by atoms with E-state index in [-0.39, 0.29) is 11.6 Å². The standard InChI is InChI=1S/C16H15NO3/c18-14-8-4-7-12(13-9-10-20-17-13)15(14)16(19)11-5-2-1-3-6-11/h1-3,5-7,15H,4,8-10H2. The molecular formula is C16H15NO3. The summed E-state index contributed by atoms with van der Waals surface area (Å²) in [6, 6.07) is 8.95. The molecule has 1 aliphatic heterocycles. The minimum absolute atomic E-state index is 0.0223. The van der Waals surface area contributed by atoms with E-state index in [9.17, 15) is 9.59 Å². The number of benzene rings is 1. The minimum Gasteiger partial charge on any atom is -0.395 e. The van der Waals surface area contributed by atoms with Gasteiger partial charge in [0.1, 0.15) is 18.3 Å². The highest BCUT2D eigenvalue weighted by Gasteiger charge is 2.35. The largest absolute Gasteiger partial charge is 0.395 e. The first-order valence-corrected chi connectivity index (χ1v) is 6.78. The van der Waals surface area contributed by atoms with Crippen molar-refractivity contribution in [1.82, 2.24) is 0 Å². The highest BCUT2D eigenvalue weighted by molar-refractivity contribution is 6.20. The van der Waals surface area contributed by atoms with Gasteiger partial charge in [-0.2, -0.15) is 0 Å². The first kappa shape index (κ1) is 12.8. The molecule has 3 rings (SSSR count). The van der Waals surface area contributed by atoms with Gasteiger partial charge in [0.05, 0.1) is 5.71 Å². The molecule has 1 aliphatic carbocycles. The van der Waals surface area contributed by atoms with Gasteiger partial charge in [-0.05, 0) is 12.0 Å². The average molecular weight is 269 g/mol. The Kier molecular flexibility index (Phi) is 3.46. The Bertz CT molecular complexity index is 601. The zero-order chi connectivity index (χ0) is 13.9. The van der Waals surface area contributed by atoms with Crippen LogP contribution in [0.2, 0.25) is 0 Å². The number of rotatable bonds is 3. The maximum atomic E-state index is 12.6. The highest BCUT2D eigenvalue weighted by atomic mass is 16.6. The topological polar surface area (TPSA) is 55.7 Å². The maximum Gasteiger partial charge on any atom is 0.177 e. The molecular weight excluding hydrogens is 254 g/mol. The van der Waals surface area contributed by atoms with Crippen LogP contribution < -0.4 is 0 Å². The number of nitrogens with zero attached hydrogens (tertiary/aromatic N) is 1. The fraction of sp³-hybridized carbons (Fsp3) is 0.312. The van der Waals surface area contributed by atoms with Crippen LogP contribution in [0.3, 0.4) is 0 Å². The Hall–Kier alpha value is -2.23. The second kappa shape index (κ2) is 5.41. The van der Waals surface area contributed by atoms with Crippen molar-refractivity contribution >= 4 is 17.3 Å². The Labute approximate surface area is 117 Å². The Morgan fingerprint density at radius 1 is 1.20 bits per heavy atom. The molecule has 1 heterocycles. The first-order chi connectivity index (χ1) is 9.77. The van der Waals surface area contributed by atoms with Crippen LogP contribution in [-0.2, 0) is 9.63 Å². The van der Waals surface area contributed by atoms with Gasteiger partial charge in [-0.15, -0.1) is 0 Å². The summed E-state index contributed by atoms with van der Waals surface area (Å²) in [5.41, 5.74) is 2.05. The van der Waals surface area contributed by atoms with Crippen LogP contribution in [0.4, 0.5) is 0 Å². The molecule has 0 N–H and O–H groups in total. The zero-order valence-electron chi connectivity index (χ0n) is 11.0. The molecule has 0 amide bonds. The lowest BCUT2D eigenvalue weighted by Gasteiger charge is -2.21. The number of carbonyl (C=O) groups is 2. The molecule has 2 aliphatic rings. The van der Waals surface area contributed by atoms with Gasteiger partial charge in [-0.25, -0.2) is 0 Å². The van der Waals surface area contributed by atoms with Gasteiger partial charge in [-0.3, -0.25) is 9.59 Å². The predicted octanol–water partition coefficient (Wildman–Crippen LogP) is 2.55. The molecule has 0 bridgehead atoms. The van der Waals surface area contributed by atoms with Crippen LogP contribution in [0.15, 0.2) is 47.1 Å². The molecule has 1 aromatic carbocycles. The lowest BCUT2D eigenvalue weighted by molar-refractivity contribution is -0.120. The third kappa shape index (κ3) is 2.29. The number of ketones is 2. The molecule has 1 unspecified atom stereocenters. The van der Waals surface area contributed by atoms with Gasteiger partial charge in [0.15, 0.2) is 5.78 Å². The van der Waals surface area contributed by atoms with E-state index >= 15 is 0 Å². The van der Waals surface area contributed by atoms with Gasteiger partial charge in [0.2, 0.25) is 0 Å². The van der Waals surface area contributed by atoms with Gasteiger partial charge in [-0.1, -0.05) is 41.6 Å². The number of carbonyl (C=O) groups excluding carboxylic acids is 2. The summed E-state index contributed by atoms with van der Waals surface area (Å²) >= 11 is 0. The van der Waals surface area contributed by atoms with Gasteiger partial charge >= 0.3 is 0 Å². The second-order valence-electron chi connectivity index (χ2n) is 4.95. The molecule has 0 saturated heterocycles. The third-order valence-corrected chi connectivity index (χ3v) is 3.65. The summed E-state index contributed by atoms with van der Waals surface area (Å²) < 4.78 is 0. The summed E-state index contributed by atoms with van der Waals surface area (Å²) in [5, 5.41) is 3.96. The van der Waals surface area contributed by atoms with Crippen LogP contribution in [0, 0.1) is 5.92 Å². The number of Topliss-reactive ketones (excluding diaryl/α,β-unsaturated/α-hetero) is 2. The SMILES string of the molecule is O=C1CCC=C(C2=NOCC2)C1C(=O)c1ccccc1. The molecule has 1 atom stereocenters. The molecule has 0 saturated carbocycles. The lowest BCUT2D eigenvalue weighted by Crippen LogP contribution is -2.31. The summed E-state index contributed by atoms with van der Waals surface area (Å²) in [7, 11) is 0. The van der Waals surface area contributed by atoms with E-state index < -0.39 is 5.92 Å². The fourth-order valence-electron chi connectivity index (χ4n) is 2.66. The van der Waals surface area contributed by atoms with E-state index in [1.807, 2.05) is 12.1 Å². The van der Waals surface area contributed by atoms with E-state index in [0.29, 0.717) is 31.4 Å². The van der Waals surface area contributed by atoms with E-state index in [1.165, 1.54) is 0 Å². The van der Waals surface area contributed by atoms with Crippen molar-refractivity contribution in [1.29, 1.82) is 0 Å². The van der Waals surface area contributed by atoms with Crippen LogP contribution in [0.25, 0.3) is 0 Å². The summed E-state index contributed by atoms with van der Waals surface area (Å²) in [6.45, 7) is 0.521. The maximum absolute atomic E-state index is 12.6. The Morgan fingerprint density at radius 3 is 2.70 bits per heavy atom. The van der Waals surface area contributed by atoms with E-state index in [2.05, 4.69) is 5.16 Å². The van der Waals surface area contributed by atoms with Crippen molar-refractivity contribution in [3.63, 3.8) is 0 Å². The Balaban J connectivity index is 1.96. The highest BCUT2D eigenvalue weighted by Crippen LogP contribution is 2.29. The van der Waals surface area contributed by atoms with Crippen LogP contribution in [0.5, 0.6) is 0 Å². The van der Waals surface area contributed by atoms with Crippen LogP contribution in [0.1, 0.15) is 29.6 Å². The molecule has 4 heteroatoms. The number of hydrogen-bond acceptors (Lipinski definition) is 4. The van der Waals surface area contributed by atoms with E-state index in [0.717, 1.165) is 11.3 Å². The number of oxime groups is 1. The monoisotopic (exact) mass is 269 g/mol. The minimum atomic E-state index is -0.716. The smallest absolute Gasteiger partial charge is 0.177 e. The quantitative estimate of drug-likeness (QED) is 0.626. The van der Waals surface area contributed by atoms with E-state index in [1.54, 1.807) is 24.3 Å². The molecule has 4 nitrogen and oxygen atoms in total. The molecule has 20 heavy (non-hydrogen) atoms. The summed E-state index contributed by atoms with van der Waals surface area (Å²) in [6.07, 6.45) is 3.71. The normalized spacial score (nSPS) is 22.0. The number of hydrogen-bond donors (Lipinski definition) is 0. The molecule has 102 valence electrons. The van der Waals surface area contributed by atoms with Gasteiger partial charge < -0.3 is 4.84 Å². The summed E-state index contributed by atoms with van der Waals surface area (Å²) in [5.74, 6) is -0.881. The van der Waals surface area contributed by atoms with Crippen LogP contribution >= 0.6 is 0 Å². The fourth-order valence-corrected chi connectivity index (χ4v) is 2.66. The molecule has 0 fully saturated rings. The Morgan fingerprint density at radius 2 is 2.00 bits per heavy atom. The van der Waals surface area contributed by atoms with Crippen molar-refractivity contribution in [3.8, 4) is 0 Å². The third-order valence-electron chi connectivity index (χ3n) is 3.65. The predicted molar refractivity (Wildman–Crippen MR) is 74.6 cm³/mol.